The van der Waals surface area contributed by atoms with Crippen LogP contribution in [0, 0.1) is 0 Å². The molecule has 0 bridgehead atoms. The van der Waals surface area contributed by atoms with Crippen LogP contribution in [0.3, 0.4) is 0 Å². The van der Waals surface area contributed by atoms with Gasteiger partial charge in [0.25, 0.3) is 0 Å². The topological polar surface area (TPSA) is 83.8 Å². The quantitative estimate of drug-likeness (QED) is 0.715. The summed E-state index contributed by atoms with van der Waals surface area (Å²) in [6.45, 7) is -0.119. The standard InChI is InChI=1S/C8H10O5S/c9-6-5-7-3-1-2-4-8(7)13-14(10,11)12/h1-4,9H,5-6H2,(H,10,11,12). The molecule has 0 saturated carbocycles. The third-order valence-corrected chi connectivity index (χ3v) is 1.94. The van der Waals surface area contributed by atoms with Crippen LogP contribution in [0.4, 0.5) is 0 Å². The van der Waals surface area contributed by atoms with Gasteiger partial charge in [0.2, 0.25) is 0 Å². The van der Waals surface area contributed by atoms with Gasteiger partial charge >= 0.3 is 10.4 Å². The lowest BCUT2D eigenvalue weighted by molar-refractivity contribution is 0.297. The molecular formula is C8H10O5S. The Hall–Kier alpha value is -1.11. The van der Waals surface area contributed by atoms with Crippen molar-refractivity contribution in [2.24, 2.45) is 0 Å². The molecule has 6 heteroatoms. The second-order valence-corrected chi connectivity index (χ2v) is 3.61. The predicted molar refractivity (Wildman–Crippen MR) is 49.4 cm³/mol. The minimum Gasteiger partial charge on any atom is -0.396 e. The van der Waals surface area contributed by atoms with Gasteiger partial charge in [-0.15, -0.1) is 0 Å². The molecular weight excluding hydrogens is 208 g/mol. The third-order valence-electron chi connectivity index (χ3n) is 1.55. The molecule has 0 aromatic heterocycles. The lowest BCUT2D eigenvalue weighted by Crippen LogP contribution is -2.08. The van der Waals surface area contributed by atoms with Crippen molar-refractivity contribution in [1.29, 1.82) is 0 Å². The highest BCUT2D eigenvalue weighted by Crippen LogP contribution is 2.19. The summed E-state index contributed by atoms with van der Waals surface area (Å²) >= 11 is 0. The van der Waals surface area contributed by atoms with Gasteiger partial charge in [0.05, 0.1) is 0 Å². The summed E-state index contributed by atoms with van der Waals surface area (Å²) in [6, 6.07) is 6.26. The van der Waals surface area contributed by atoms with Gasteiger partial charge in [0.1, 0.15) is 5.75 Å². The van der Waals surface area contributed by atoms with Gasteiger partial charge in [-0.3, -0.25) is 4.55 Å². The Labute approximate surface area is 81.9 Å². The molecule has 0 unspecified atom stereocenters. The number of para-hydroxylation sites is 1. The van der Waals surface area contributed by atoms with Crippen LogP contribution in [0.2, 0.25) is 0 Å². The zero-order valence-electron chi connectivity index (χ0n) is 7.25. The molecule has 0 aliphatic rings. The van der Waals surface area contributed by atoms with Crippen LogP contribution in [-0.2, 0) is 16.8 Å². The Kier molecular flexibility index (Phi) is 3.45. The van der Waals surface area contributed by atoms with E-state index in [0.717, 1.165) is 0 Å². The van der Waals surface area contributed by atoms with E-state index in [1.54, 1.807) is 18.2 Å². The van der Waals surface area contributed by atoms with E-state index in [4.69, 9.17) is 9.66 Å². The average Bonchev–Trinajstić information content (AvgIpc) is 2.06. The van der Waals surface area contributed by atoms with Gasteiger partial charge < -0.3 is 9.29 Å². The maximum Gasteiger partial charge on any atom is 0.446 e. The molecule has 78 valence electrons. The second kappa shape index (κ2) is 4.41. The van der Waals surface area contributed by atoms with Crippen molar-refractivity contribution < 1.29 is 22.3 Å². The Morgan fingerprint density at radius 3 is 2.50 bits per heavy atom. The van der Waals surface area contributed by atoms with Crippen LogP contribution in [0.5, 0.6) is 5.75 Å². The molecule has 0 atom stereocenters. The van der Waals surface area contributed by atoms with Crippen molar-refractivity contribution in [2.75, 3.05) is 6.61 Å². The minimum absolute atomic E-state index is 0.0315. The van der Waals surface area contributed by atoms with Crippen molar-refractivity contribution in [1.82, 2.24) is 0 Å². The summed E-state index contributed by atoms with van der Waals surface area (Å²) in [7, 11) is -4.50. The molecule has 0 aliphatic carbocycles. The number of benzene rings is 1. The fraction of sp³-hybridized carbons (Fsp3) is 0.250. The van der Waals surface area contributed by atoms with Gasteiger partial charge in [0.15, 0.2) is 0 Å². The Balaban J connectivity index is 2.95. The molecule has 1 aromatic carbocycles. The van der Waals surface area contributed by atoms with Gasteiger partial charge in [-0.05, 0) is 18.1 Å². The van der Waals surface area contributed by atoms with E-state index in [0.29, 0.717) is 5.56 Å². The molecule has 2 N–H and O–H groups in total. The lowest BCUT2D eigenvalue weighted by Gasteiger charge is -2.06. The zero-order valence-corrected chi connectivity index (χ0v) is 8.07. The van der Waals surface area contributed by atoms with Gasteiger partial charge in [-0.25, -0.2) is 0 Å². The van der Waals surface area contributed by atoms with Crippen molar-refractivity contribution in [3.63, 3.8) is 0 Å². The summed E-state index contributed by atoms with van der Waals surface area (Å²) < 4.78 is 33.6. The van der Waals surface area contributed by atoms with Crippen molar-refractivity contribution >= 4 is 10.4 Å². The van der Waals surface area contributed by atoms with E-state index in [1.165, 1.54) is 6.07 Å². The zero-order chi connectivity index (χ0) is 10.6. The first-order valence-corrected chi connectivity index (χ1v) is 5.25. The molecule has 0 amide bonds. The maximum atomic E-state index is 10.4. The fourth-order valence-corrected chi connectivity index (χ4v) is 1.42. The van der Waals surface area contributed by atoms with Gasteiger partial charge in [-0.2, -0.15) is 8.42 Å². The van der Waals surface area contributed by atoms with Crippen LogP contribution < -0.4 is 4.18 Å². The van der Waals surface area contributed by atoms with E-state index in [2.05, 4.69) is 4.18 Å². The molecule has 14 heavy (non-hydrogen) atoms. The van der Waals surface area contributed by atoms with Crippen molar-refractivity contribution in [2.45, 2.75) is 6.42 Å². The van der Waals surface area contributed by atoms with Crippen LogP contribution >= 0.6 is 0 Å². The number of aliphatic hydroxyl groups is 1. The molecule has 0 radical (unpaired) electrons. The first-order valence-electron chi connectivity index (χ1n) is 3.88. The number of hydrogen-bond donors (Lipinski definition) is 2. The molecule has 1 aromatic rings. The number of rotatable bonds is 4. The van der Waals surface area contributed by atoms with E-state index >= 15 is 0 Å². The van der Waals surface area contributed by atoms with E-state index in [9.17, 15) is 8.42 Å². The van der Waals surface area contributed by atoms with Crippen LogP contribution in [0.15, 0.2) is 24.3 Å². The summed E-state index contributed by atoms with van der Waals surface area (Å²) in [5.41, 5.74) is 0.521. The highest BCUT2D eigenvalue weighted by molar-refractivity contribution is 7.81. The number of aliphatic hydroxyl groups excluding tert-OH is 1. The molecule has 0 heterocycles. The van der Waals surface area contributed by atoms with Crippen molar-refractivity contribution in [3.8, 4) is 5.75 Å². The second-order valence-electron chi connectivity index (χ2n) is 2.59. The molecule has 0 fully saturated rings. The maximum absolute atomic E-state index is 10.4. The monoisotopic (exact) mass is 218 g/mol. The fourth-order valence-electron chi connectivity index (χ4n) is 1.03. The summed E-state index contributed by atoms with van der Waals surface area (Å²) in [6.07, 6.45) is 0.270. The summed E-state index contributed by atoms with van der Waals surface area (Å²) in [5.74, 6) is 0.0315. The lowest BCUT2D eigenvalue weighted by atomic mass is 10.1. The first kappa shape index (κ1) is 11.0. The highest BCUT2D eigenvalue weighted by atomic mass is 32.3. The molecule has 1 rings (SSSR count). The Morgan fingerprint density at radius 1 is 1.29 bits per heavy atom. The highest BCUT2D eigenvalue weighted by Gasteiger charge is 2.10. The van der Waals surface area contributed by atoms with E-state index < -0.39 is 10.4 Å². The Morgan fingerprint density at radius 2 is 1.93 bits per heavy atom. The molecule has 5 nitrogen and oxygen atoms in total. The molecule has 0 saturated heterocycles. The largest absolute Gasteiger partial charge is 0.446 e. The van der Waals surface area contributed by atoms with Crippen molar-refractivity contribution in [3.05, 3.63) is 29.8 Å². The first-order chi connectivity index (χ1) is 6.53. The SMILES string of the molecule is O=S(=O)(O)Oc1ccccc1CCO. The smallest absolute Gasteiger partial charge is 0.396 e. The van der Waals surface area contributed by atoms with E-state index in [1.807, 2.05) is 0 Å². The van der Waals surface area contributed by atoms with Crippen LogP contribution in [-0.4, -0.2) is 24.7 Å². The van der Waals surface area contributed by atoms with E-state index in [-0.39, 0.29) is 18.8 Å². The summed E-state index contributed by atoms with van der Waals surface area (Å²) in [5, 5.41) is 8.67. The predicted octanol–water partition coefficient (Wildman–Crippen LogP) is 0.403. The molecule has 0 spiro atoms. The molecule has 0 aliphatic heterocycles. The van der Waals surface area contributed by atoms with Crippen LogP contribution in [0.1, 0.15) is 5.56 Å². The number of hydrogen-bond acceptors (Lipinski definition) is 4. The van der Waals surface area contributed by atoms with Gasteiger partial charge in [-0.1, -0.05) is 18.2 Å². The minimum atomic E-state index is -4.50. The average molecular weight is 218 g/mol. The van der Waals surface area contributed by atoms with Gasteiger partial charge in [0, 0.05) is 6.61 Å². The van der Waals surface area contributed by atoms with Crippen LogP contribution in [0.25, 0.3) is 0 Å². The Bertz CT molecular complexity index is 398. The third kappa shape index (κ3) is 3.33. The normalized spacial score (nSPS) is 11.3. The summed E-state index contributed by atoms with van der Waals surface area (Å²) in [4.78, 5) is 0.